The molecule has 0 saturated carbocycles. The Labute approximate surface area is 188 Å². The van der Waals surface area contributed by atoms with Crippen molar-refractivity contribution in [2.24, 2.45) is 11.8 Å². The average Bonchev–Trinajstić information content (AvgIpc) is 2.64. The quantitative estimate of drug-likeness (QED) is 0.167. The summed E-state index contributed by atoms with van der Waals surface area (Å²) in [5.41, 5.74) is 0. The maximum absolute atomic E-state index is 13.7. The van der Waals surface area contributed by atoms with Gasteiger partial charge in [0.05, 0.1) is 12.5 Å². The van der Waals surface area contributed by atoms with E-state index in [0.717, 1.165) is 0 Å². The number of halogens is 10. The highest BCUT2D eigenvalue weighted by atomic mass is 19.4. The second-order valence-corrected chi connectivity index (χ2v) is 7.47. The molecule has 0 aromatic heterocycles. The third-order valence-corrected chi connectivity index (χ3v) is 4.17. The van der Waals surface area contributed by atoms with Crippen molar-refractivity contribution in [2.75, 3.05) is 33.0 Å². The van der Waals surface area contributed by atoms with E-state index in [4.69, 9.17) is 0 Å². The van der Waals surface area contributed by atoms with Crippen LogP contribution in [-0.2, 0) is 14.2 Å². The van der Waals surface area contributed by atoms with E-state index in [1.165, 1.54) is 6.92 Å². The summed E-state index contributed by atoms with van der Waals surface area (Å²) in [5.74, 6) is -8.50. The summed E-state index contributed by atoms with van der Waals surface area (Å²) < 4.78 is 140. The smallest absolute Gasteiger partial charge is 0.375 e. The van der Waals surface area contributed by atoms with Gasteiger partial charge in [0.15, 0.2) is 0 Å². The van der Waals surface area contributed by atoms with E-state index in [0.29, 0.717) is 19.3 Å². The lowest BCUT2D eigenvalue weighted by Crippen LogP contribution is -2.44. The maximum Gasteiger partial charge on any atom is 0.397 e. The molecule has 0 radical (unpaired) electrons. The molecule has 0 aliphatic heterocycles. The molecule has 13 heteroatoms. The van der Waals surface area contributed by atoms with E-state index < -0.39 is 62.5 Å². The lowest BCUT2D eigenvalue weighted by molar-refractivity contribution is -0.284. The van der Waals surface area contributed by atoms with Gasteiger partial charge in [-0.15, -0.1) is 0 Å². The summed E-state index contributed by atoms with van der Waals surface area (Å²) in [4.78, 5) is 0. The van der Waals surface area contributed by atoms with Crippen molar-refractivity contribution in [3.05, 3.63) is 0 Å². The largest absolute Gasteiger partial charge is 0.397 e. The molecule has 0 spiro atoms. The monoisotopic (exact) mass is 512 g/mol. The molecule has 202 valence electrons. The first-order valence-corrected chi connectivity index (χ1v) is 10.6. The number of alkyl halides is 10. The number of rotatable bonds is 15. The molecule has 2 atom stereocenters. The fourth-order valence-corrected chi connectivity index (χ4v) is 2.37. The number of ether oxygens (including phenoxy) is 3. The van der Waals surface area contributed by atoms with Crippen LogP contribution in [0.5, 0.6) is 0 Å². The minimum Gasteiger partial charge on any atom is -0.375 e. The number of hydrogen-bond acceptors (Lipinski definition) is 3. The van der Waals surface area contributed by atoms with Gasteiger partial charge in [-0.2, -0.15) is 35.1 Å². The molecular formula is C20H34F10O3. The third-order valence-electron chi connectivity index (χ3n) is 4.17. The van der Waals surface area contributed by atoms with Crippen LogP contribution in [-0.4, -0.2) is 57.4 Å². The first-order chi connectivity index (χ1) is 14.9. The second-order valence-electron chi connectivity index (χ2n) is 7.47. The summed E-state index contributed by atoms with van der Waals surface area (Å²) >= 11 is 0. The fourth-order valence-electron chi connectivity index (χ4n) is 2.37. The van der Waals surface area contributed by atoms with Gasteiger partial charge >= 0.3 is 18.5 Å². The summed E-state index contributed by atoms with van der Waals surface area (Å²) in [6.45, 7) is 2.39. The highest BCUT2D eigenvalue weighted by Gasteiger charge is 2.55. The standard InChI is InChI=1S/C14H23F7O3.C6H11F3/c1-3-6-22-9-12(15,16)11(14(19,20)21)5-8-24-13(17,18)10-23-7-4-2;1-3-4-5(2)6(7,8)9/h11H,3-10H2,1-2H3;5H,3-4H2,1-2H3. The zero-order valence-corrected chi connectivity index (χ0v) is 19.2. The van der Waals surface area contributed by atoms with Gasteiger partial charge in [0.1, 0.15) is 19.1 Å². The molecule has 2 unspecified atom stereocenters. The molecular weight excluding hydrogens is 478 g/mol. The molecule has 33 heavy (non-hydrogen) atoms. The van der Waals surface area contributed by atoms with Crippen LogP contribution >= 0.6 is 0 Å². The van der Waals surface area contributed by atoms with Gasteiger partial charge in [0.25, 0.3) is 5.92 Å². The molecule has 0 fully saturated rings. The first kappa shape index (κ1) is 34.3. The first-order valence-electron chi connectivity index (χ1n) is 10.6. The highest BCUT2D eigenvalue weighted by Crippen LogP contribution is 2.41. The Morgan fingerprint density at radius 2 is 1.09 bits per heavy atom. The molecule has 0 aromatic carbocycles. The Bertz CT molecular complexity index is 482. The van der Waals surface area contributed by atoms with Gasteiger partial charge in [-0.1, -0.05) is 34.1 Å². The van der Waals surface area contributed by atoms with Gasteiger partial charge in [0.2, 0.25) is 0 Å². The lowest BCUT2D eigenvalue weighted by atomic mass is 9.97. The molecule has 3 nitrogen and oxygen atoms in total. The zero-order chi connectivity index (χ0) is 26.3. The highest BCUT2D eigenvalue weighted by molar-refractivity contribution is 4.83. The Balaban J connectivity index is 0. The van der Waals surface area contributed by atoms with E-state index >= 15 is 0 Å². The van der Waals surface area contributed by atoms with Crippen LogP contribution in [0.2, 0.25) is 0 Å². The average molecular weight is 512 g/mol. The molecule has 0 amide bonds. The lowest BCUT2D eigenvalue weighted by Gasteiger charge is -2.29. The van der Waals surface area contributed by atoms with E-state index in [-0.39, 0.29) is 19.6 Å². The van der Waals surface area contributed by atoms with Crippen LogP contribution in [0.3, 0.4) is 0 Å². The van der Waals surface area contributed by atoms with Gasteiger partial charge in [-0.25, -0.2) is 8.78 Å². The molecule has 0 aliphatic carbocycles. The molecule has 0 bridgehead atoms. The van der Waals surface area contributed by atoms with Crippen LogP contribution in [0.25, 0.3) is 0 Å². The van der Waals surface area contributed by atoms with E-state index in [2.05, 4.69) is 14.2 Å². The predicted octanol–water partition coefficient (Wildman–Crippen LogP) is 7.64. The molecule has 0 aromatic rings. The Kier molecular flexibility index (Phi) is 16.6. The molecule has 0 N–H and O–H groups in total. The summed E-state index contributed by atoms with van der Waals surface area (Å²) in [5, 5.41) is 0. The summed E-state index contributed by atoms with van der Waals surface area (Å²) in [6.07, 6.45) is -12.7. The van der Waals surface area contributed by atoms with Gasteiger partial charge in [-0.05, 0) is 25.7 Å². The molecule has 0 heterocycles. The fraction of sp³-hybridized carbons (Fsp3) is 1.00. The van der Waals surface area contributed by atoms with Crippen molar-refractivity contribution in [2.45, 2.75) is 84.2 Å². The predicted molar refractivity (Wildman–Crippen MR) is 102 cm³/mol. The van der Waals surface area contributed by atoms with E-state index in [1.54, 1.807) is 20.8 Å². The summed E-state index contributed by atoms with van der Waals surface area (Å²) in [7, 11) is 0. The normalized spacial score (nSPS) is 15.1. The van der Waals surface area contributed by atoms with Gasteiger partial charge < -0.3 is 14.2 Å². The SMILES string of the molecule is CCCC(C)C(F)(F)F.CCCOCC(F)(F)OCCC(C(F)(F)F)C(F)(F)COCCC. The zero-order valence-electron chi connectivity index (χ0n) is 19.2. The van der Waals surface area contributed by atoms with Crippen molar-refractivity contribution in [1.82, 2.24) is 0 Å². The van der Waals surface area contributed by atoms with Crippen LogP contribution in [0, 0.1) is 11.8 Å². The van der Waals surface area contributed by atoms with Crippen molar-refractivity contribution in [1.29, 1.82) is 0 Å². The van der Waals surface area contributed by atoms with Gasteiger partial charge in [0, 0.05) is 13.2 Å². The Morgan fingerprint density at radius 3 is 1.45 bits per heavy atom. The summed E-state index contributed by atoms with van der Waals surface area (Å²) in [6, 6.07) is 0. The van der Waals surface area contributed by atoms with Crippen LogP contribution < -0.4 is 0 Å². The van der Waals surface area contributed by atoms with Crippen molar-refractivity contribution >= 4 is 0 Å². The van der Waals surface area contributed by atoms with E-state index in [9.17, 15) is 43.9 Å². The third kappa shape index (κ3) is 17.3. The Morgan fingerprint density at radius 1 is 0.606 bits per heavy atom. The van der Waals surface area contributed by atoms with Crippen LogP contribution in [0.15, 0.2) is 0 Å². The van der Waals surface area contributed by atoms with E-state index in [1.807, 2.05) is 0 Å². The Hall–Kier alpha value is -0.820. The van der Waals surface area contributed by atoms with Crippen LogP contribution in [0.4, 0.5) is 43.9 Å². The number of hydrogen-bond donors (Lipinski definition) is 0. The van der Waals surface area contributed by atoms with Gasteiger partial charge in [-0.3, -0.25) is 0 Å². The van der Waals surface area contributed by atoms with Crippen LogP contribution in [0.1, 0.15) is 59.8 Å². The maximum atomic E-state index is 13.7. The van der Waals surface area contributed by atoms with Crippen molar-refractivity contribution in [3.8, 4) is 0 Å². The van der Waals surface area contributed by atoms with Crippen molar-refractivity contribution < 1.29 is 58.1 Å². The molecule has 0 rings (SSSR count). The minimum atomic E-state index is -5.27. The minimum absolute atomic E-state index is 0.0248. The second kappa shape index (κ2) is 16.0. The van der Waals surface area contributed by atoms with Crippen molar-refractivity contribution in [3.63, 3.8) is 0 Å². The molecule has 0 aliphatic rings. The molecule has 0 saturated heterocycles. The topological polar surface area (TPSA) is 27.7 Å².